The monoisotopic (exact) mass is 219 g/mol. The quantitative estimate of drug-likeness (QED) is 0.789. The van der Waals surface area contributed by atoms with Gasteiger partial charge in [0.25, 0.3) is 0 Å². The van der Waals surface area contributed by atoms with Crippen LogP contribution in [0.15, 0.2) is 12.3 Å². The summed E-state index contributed by atoms with van der Waals surface area (Å²) in [6.45, 7) is 8.80. The highest BCUT2D eigenvalue weighted by molar-refractivity contribution is 5.63. The van der Waals surface area contributed by atoms with E-state index in [1.807, 2.05) is 19.2 Å². The van der Waals surface area contributed by atoms with E-state index in [0.717, 1.165) is 42.0 Å². The lowest BCUT2D eigenvalue weighted by molar-refractivity contribution is 0.323. The van der Waals surface area contributed by atoms with Crippen molar-refractivity contribution in [3.63, 3.8) is 0 Å². The predicted octanol–water partition coefficient (Wildman–Crippen LogP) is 2.45. The first-order chi connectivity index (χ1) is 7.58. The second-order valence-corrected chi connectivity index (χ2v) is 5.11. The second kappa shape index (κ2) is 4.32. The molecule has 0 spiro atoms. The Balaban J connectivity index is 2.18. The van der Waals surface area contributed by atoms with Gasteiger partial charge in [-0.25, -0.2) is 4.98 Å². The summed E-state index contributed by atoms with van der Waals surface area (Å²) in [6.07, 6.45) is 3.13. The summed E-state index contributed by atoms with van der Waals surface area (Å²) in [6, 6.07) is 2.00. The van der Waals surface area contributed by atoms with Crippen LogP contribution < -0.4 is 10.6 Å². The summed E-state index contributed by atoms with van der Waals surface area (Å²) < 4.78 is 0. The number of hydrogen-bond donors (Lipinski definition) is 1. The molecule has 2 atom stereocenters. The lowest BCUT2D eigenvalue weighted by Crippen LogP contribution is -2.39. The van der Waals surface area contributed by atoms with Crippen LogP contribution >= 0.6 is 0 Å². The molecule has 1 fully saturated rings. The Kier molecular flexibility index (Phi) is 3.03. The van der Waals surface area contributed by atoms with E-state index in [1.165, 1.54) is 6.42 Å². The molecule has 0 radical (unpaired) electrons. The van der Waals surface area contributed by atoms with Crippen LogP contribution in [0.3, 0.4) is 0 Å². The third-order valence-corrected chi connectivity index (χ3v) is 3.67. The highest BCUT2D eigenvalue weighted by Crippen LogP contribution is 2.29. The summed E-state index contributed by atoms with van der Waals surface area (Å²) in [5.41, 5.74) is 7.96. The first-order valence-electron chi connectivity index (χ1n) is 6.05. The van der Waals surface area contributed by atoms with Gasteiger partial charge >= 0.3 is 0 Å². The summed E-state index contributed by atoms with van der Waals surface area (Å²) in [7, 11) is 0. The average molecular weight is 219 g/mol. The zero-order chi connectivity index (χ0) is 11.7. The van der Waals surface area contributed by atoms with Crippen molar-refractivity contribution in [2.45, 2.75) is 27.2 Å². The van der Waals surface area contributed by atoms with Crippen LogP contribution in [0.25, 0.3) is 0 Å². The van der Waals surface area contributed by atoms with Gasteiger partial charge in [0.1, 0.15) is 0 Å². The molecule has 3 nitrogen and oxygen atoms in total. The Labute approximate surface area is 97.7 Å². The van der Waals surface area contributed by atoms with Crippen molar-refractivity contribution in [2.24, 2.45) is 11.8 Å². The van der Waals surface area contributed by atoms with E-state index in [9.17, 15) is 0 Å². The minimum atomic E-state index is 0.719. The molecule has 1 aromatic rings. The number of rotatable bonds is 1. The van der Waals surface area contributed by atoms with Crippen LogP contribution in [0, 0.1) is 18.8 Å². The number of nitrogens with zero attached hydrogens (tertiary/aromatic N) is 2. The summed E-state index contributed by atoms with van der Waals surface area (Å²) in [5, 5.41) is 0. The molecule has 0 aliphatic carbocycles. The fourth-order valence-electron chi connectivity index (χ4n) is 2.30. The summed E-state index contributed by atoms with van der Waals surface area (Å²) >= 11 is 0. The van der Waals surface area contributed by atoms with Crippen LogP contribution in [0.5, 0.6) is 0 Å². The van der Waals surface area contributed by atoms with Gasteiger partial charge in [-0.2, -0.15) is 0 Å². The first-order valence-corrected chi connectivity index (χ1v) is 6.05. The van der Waals surface area contributed by atoms with Crippen LogP contribution in [0.2, 0.25) is 0 Å². The van der Waals surface area contributed by atoms with Gasteiger partial charge in [0, 0.05) is 19.3 Å². The Bertz CT molecular complexity index is 375. The van der Waals surface area contributed by atoms with Crippen molar-refractivity contribution in [3.05, 3.63) is 17.8 Å². The van der Waals surface area contributed by atoms with E-state index in [0.29, 0.717) is 0 Å². The topological polar surface area (TPSA) is 42.2 Å². The lowest BCUT2D eigenvalue weighted by Gasteiger charge is -2.36. The number of hydrogen-bond acceptors (Lipinski definition) is 3. The molecule has 1 aromatic heterocycles. The molecule has 2 unspecified atom stereocenters. The molecule has 0 saturated carbocycles. The summed E-state index contributed by atoms with van der Waals surface area (Å²) in [4.78, 5) is 6.78. The van der Waals surface area contributed by atoms with Crippen molar-refractivity contribution in [2.75, 3.05) is 23.7 Å². The Morgan fingerprint density at radius 1 is 1.38 bits per heavy atom. The molecule has 2 rings (SSSR count). The van der Waals surface area contributed by atoms with E-state index < -0.39 is 0 Å². The lowest BCUT2D eigenvalue weighted by atomic mass is 9.88. The maximum absolute atomic E-state index is 6.03. The van der Waals surface area contributed by atoms with Gasteiger partial charge in [0.05, 0.1) is 5.69 Å². The number of nitrogens with two attached hydrogens (primary N) is 1. The van der Waals surface area contributed by atoms with Crippen LogP contribution in [0.4, 0.5) is 11.5 Å². The molecule has 0 bridgehead atoms. The van der Waals surface area contributed by atoms with Crippen molar-refractivity contribution in [1.29, 1.82) is 0 Å². The molecule has 88 valence electrons. The minimum Gasteiger partial charge on any atom is -0.396 e. The third-order valence-electron chi connectivity index (χ3n) is 3.67. The highest BCUT2D eigenvalue weighted by Gasteiger charge is 2.24. The zero-order valence-electron chi connectivity index (χ0n) is 10.4. The van der Waals surface area contributed by atoms with Crippen molar-refractivity contribution in [3.8, 4) is 0 Å². The van der Waals surface area contributed by atoms with E-state index in [-0.39, 0.29) is 0 Å². The van der Waals surface area contributed by atoms with Gasteiger partial charge in [0.2, 0.25) is 0 Å². The van der Waals surface area contributed by atoms with Crippen molar-refractivity contribution < 1.29 is 0 Å². The standard InChI is InChI=1S/C13H21N3/c1-9-6-12(14)13(15-7-9)16-5-4-10(2)11(3)8-16/h6-7,10-11H,4-5,8,14H2,1-3H3. The molecule has 1 saturated heterocycles. The first kappa shape index (κ1) is 11.2. The largest absolute Gasteiger partial charge is 0.396 e. The Hall–Kier alpha value is -1.25. The number of pyridine rings is 1. The molecular weight excluding hydrogens is 198 g/mol. The Morgan fingerprint density at radius 2 is 2.12 bits per heavy atom. The molecule has 1 aliphatic rings. The smallest absolute Gasteiger partial charge is 0.151 e. The van der Waals surface area contributed by atoms with Gasteiger partial charge in [-0.1, -0.05) is 13.8 Å². The van der Waals surface area contributed by atoms with Crippen LogP contribution in [-0.4, -0.2) is 18.1 Å². The minimum absolute atomic E-state index is 0.719. The normalized spacial score (nSPS) is 25.8. The number of nitrogen functional groups attached to an aromatic ring is 1. The SMILES string of the molecule is Cc1cnc(N2CCC(C)C(C)C2)c(N)c1. The van der Waals surface area contributed by atoms with Gasteiger partial charge in [0.15, 0.2) is 5.82 Å². The van der Waals surface area contributed by atoms with Gasteiger partial charge < -0.3 is 10.6 Å². The molecule has 0 amide bonds. The average Bonchev–Trinajstić information content (AvgIpc) is 2.22. The molecule has 3 heteroatoms. The maximum Gasteiger partial charge on any atom is 0.151 e. The van der Waals surface area contributed by atoms with Gasteiger partial charge in [-0.05, 0) is 36.8 Å². The highest BCUT2D eigenvalue weighted by atomic mass is 15.2. The zero-order valence-corrected chi connectivity index (χ0v) is 10.4. The number of aromatic nitrogens is 1. The van der Waals surface area contributed by atoms with E-state index in [2.05, 4.69) is 23.7 Å². The van der Waals surface area contributed by atoms with Crippen molar-refractivity contribution in [1.82, 2.24) is 4.98 Å². The predicted molar refractivity (Wildman–Crippen MR) is 68.5 cm³/mol. The molecule has 0 aromatic carbocycles. The molecule has 1 aliphatic heterocycles. The third kappa shape index (κ3) is 2.13. The maximum atomic E-state index is 6.03. The van der Waals surface area contributed by atoms with E-state index >= 15 is 0 Å². The van der Waals surface area contributed by atoms with Crippen LogP contribution in [-0.2, 0) is 0 Å². The Morgan fingerprint density at radius 3 is 2.75 bits per heavy atom. The molecule has 2 heterocycles. The number of piperidine rings is 1. The van der Waals surface area contributed by atoms with E-state index in [1.54, 1.807) is 0 Å². The number of anilines is 2. The van der Waals surface area contributed by atoms with Gasteiger partial charge in [-0.3, -0.25) is 0 Å². The molecular formula is C13H21N3. The van der Waals surface area contributed by atoms with Gasteiger partial charge in [-0.15, -0.1) is 0 Å². The summed E-state index contributed by atoms with van der Waals surface area (Å²) in [5.74, 6) is 2.49. The second-order valence-electron chi connectivity index (χ2n) is 5.11. The van der Waals surface area contributed by atoms with Crippen LogP contribution in [0.1, 0.15) is 25.8 Å². The van der Waals surface area contributed by atoms with E-state index in [4.69, 9.17) is 5.73 Å². The molecule has 16 heavy (non-hydrogen) atoms. The number of aryl methyl sites for hydroxylation is 1. The molecule has 2 N–H and O–H groups in total. The fourth-order valence-corrected chi connectivity index (χ4v) is 2.30. The van der Waals surface area contributed by atoms with Crippen molar-refractivity contribution >= 4 is 11.5 Å². The fraction of sp³-hybridized carbons (Fsp3) is 0.615.